The standard InChI is InChI=1S/C15H27N3/c1-3-5-7-15(6-4-2)18-12-14(11-17-18)13-8-9-16-10-13/h11-13,15-16H,3-10H2,1-2H3/t13-,15?/m1/s1. The normalized spacial score (nSPS) is 21.3. The van der Waals surface area contributed by atoms with Crippen molar-refractivity contribution in [3.8, 4) is 0 Å². The lowest BCUT2D eigenvalue weighted by Crippen LogP contribution is -2.10. The Labute approximate surface area is 111 Å². The van der Waals surface area contributed by atoms with Gasteiger partial charge in [0.1, 0.15) is 0 Å². The molecular formula is C15H27N3. The molecule has 1 aromatic heterocycles. The summed E-state index contributed by atoms with van der Waals surface area (Å²) in [7, 11) is 0. The van der Waals surface area contributed by atoms with Crippen LogP contribution in [0, 0.1) is 0 Å². The van der Waals surface area contributed by atoms with Crippen molar-refractivity contribution in [1.82, 2.24) is 15.1 Å². The Hall–Kier alpha value is -0.830. The minimum absolute atomic E-state index is 0.609. The van der Waals surface area contributed by atoms with Gasteiger partial charge in [-0.15, -0.1) is 0 Å². The molecule has 2 atom stereocenters. The molecule has 1 aliphatic rings. The minimum atomic E-state index is 0.609. The van der Waals surface area contributed by atoms with Crippen LogP contribution in [-0.2, 0) is 0 Å². The third-order valence-corrected chi connectivity index (χ3v) is 4.04. The zero-order valence-corrected chi connectivity index (χ0v) is 11.9. The Balaban J connectivity index is 2.00. The quantitative estimate of drug-likeness (QED) is 0.801. The van der Waals surface area contributed by atoms with Gasteiger partial charge in [0.05, 0.1) is 12.2 Å². The van der Waals surface area contributed by atoms with Crippen LogP contribution in [0.3, 0.4) is 0 Å². The molecule has 0 saturated carbocycles. The van der Waals surface area contributed by atoms with E-state index >= 15 is 0 Å². The number of rotatable bonds is 7. The Kier molecular flexibility index (Phi) is 5.24. The predicted molar refractivity (Wildman–Crippen MR) is 75.9 cm³/mol. The number of nitrogens with zero attached hydrogens (tertiary/aromatic N) is 2. The van der Waals surface area contributed by atoms with Gasteiger partial charge in [-0.3, -0.25) is 4.68 Å². The van der Waals surface area contributed by atoms with Gasteiger partial charge in [-0.25, -0.2) is 0 Å². The SMILES string of the molecule is CCCCC(CCC)n1cc([C@@H]2CCNC2)cn1. The molecule has 1 N–H and O–H groups in total. The fraction of sp³-hybridized carbons (Fsp3) is 0.800. The molecular weight excluding hydrogens is 222 g/mol. The summed E-state index contributed by atoms with van der Waals surface area (Å²) in [6.45, 7) is 6.81. The van der Waals surface area contributed by atoms with E-state index in [2.05, 4.69) is 41.3 Å². The average molecular weight is 249 g/mol. The summed E-state index contributed by atoms with van der Waals surface area (Å²) >= 11 is 0. The van der Waals surface area contributed by atoms with E-state index in [1.165, 1.54) is 44.1 Å². The summed E-state index contributed by atoms with van der Waals surface area (Å²) in [6.07, 6.45) is 12.0. The Morgan fingerprint density at radius 1 is 1.39 bits per heavy atom. The molecule has 0 amide bonds. The maximum atomic E-state index is 4.62. The predicted octanol–water partition coefficient (Wildman–Crippen LogP) is 3.49. The average Bonchev–Trinajstić information content (AvgIpc) is 3.03. The van der Waals surface area contributed by atoms with Gasteiger partial charge >= 0.3 is 0 Å². The Bertz CT molecular complexity index is 339. The van der Waals surface area contributed by atoms with Gasteiger partial charge < -0.3 is 5.32 Å². The summed E-state index contributed by atoms with van der Waals surface area (Å²) < 4.78 is 2.23. The second kappa shape index (κ2) is 6.93. The highest BCUT2D eigenvalue weighted by atomic mass is 15.3. The van der Waals surface area contributed by atoms with E-state index in [-0.39, 0.29) is 0 Å². The van der Waals surface area contributed by atoms with Crippen LogP contribution in [0.5, 0.6) is 0 Å². The van der Waals surface area contributed by atoms with Crippen molar-refractivity contribution in [1.29, 1.82) is 0 Å². The summed E-state index contributed by atoms with van der Waals surface area (Å²) in [5, 5.41) is 8.05. The highest BCUT2D eigenvalue weighted by molar-refractivity contribution is 5.14. The lowest BCUT2D eigenvalue weighted by molar-refractivity contribution is 0.383. The van der Waals surface area contributed by atoms with E-state index in [0.717, 1.165) is 13.1 Å². The molecule has 1 fully saturated rings. The third-order valence-electron chi connectivity index (χ3n) is 4.04. The van der Waals surface area contributed by atoms with Gasteiger partial charge in [-0.1, -0.05) is 33.1 Å². The Morgan fingerprint density at radius 2 is 2.28 bits per heavy atom. The number of nitrogens with one attached hydrogen (secondary N) is 1. The molecule has 102 valence electrons. The van der Waals surface area contributed by atoms with Crippen LogP contribution in [0.2, 0.25) is 0 Å². The molecule has 2 rings (SSSR count). The summed E-state index contributed by atoms with van der Waals surface area (Å²) in [6, 6.07) is 0.609. The van der Waals surface area contributed by atoms with E-state index < -0.39 is 0 Å². The molecule has 0 spiro atoms. The minimum Gasteiger partial charge on any atom is -0.316 e. The zero-order valence-electron chi connectivity index (χ0n) is 11.9. The highest BCUT2D eigenvalue weighted by Crippen LogP contribution is 2.25. The van der Waals surface area contributed by atoms with Crippen molar-refractivity contribution >= 4 is 0 Å². The summed E-state index contributed by atoms with van der Waals surface area (Å²) in [5.41, 5.74) is 1.43. The van der Waals surface area contributed by atoms with Crippen LogP contribution in [0.15, 0.2) is 12.4 Å². The smallest absolute Gasteiger partial charge is 0.0525 e. The van der Waals surface area contributed by atoms with Crippen LogP contribution in [0.25, 0.3) is 0 Å². The van der Waals surface area contributed by atoms with Crippen molar-refractivity contribution < 1.29 is 0 Å². The number of hydrogen-bond acceptors (Lipinski definition) is 2. The van der Waals surface area contributed by atoms with Gasteiger partial charge in [0.2, 0.25) is 0 Å². The molecule has 1 saturated heterocycles. The topological polar surface area (TPSA) is 29.9 Å². The molecule has 1 aromatic rings. The number of aromatic nitrogens is 2. The van der Waals surface area contributed by atoms with Gasteiger partial charge in [0.25, 0.3) is 0 Å². The van der Waals surface area contributed by atoms with E-state index in [4.69, 9.17) is 0 Å². The molecule has 3 nitrogen and oxygen atoms in total. The molecule has 2 heterocycles. The molecule has 18 heavy (non-hydrogen) atoms. The first kappa shape index (κ1) is 13.6. The maximum absolute atomic E-state index is 4.62. The zero-order chi connectivity index (χ0) is 12.8. The fourth-order valence-electron chi connectivity index (χ4n) is 2.88. The maximum Gasteiger partial charge on any atom is 0.0525 e. The van der Waals surface area contributed by atoms with Gasteiger partial charge in [-0.2, -0.15) is 5.10 Å². The molecule has 0 aliphatic carbocycles. The molecule has 0 radical (unpaired) electrons. The second-order valence-corrected chi connectivity index (χ2v) is 5.53. The van der Waals surface area contributed by atoms with Gasteiger partial charge in [0, 0.05) is 18.7 Å². The van der Waals surface area contributed by atoms with E-state index in [0.29, 0.717) is 12.0 Å². The number of hydrogen-bond donors (Lipinski definition) is 1. The van der Waals surface area contributed by atoms with Crippen molar-refractivity contribution in [2.45, 2.75) is 64.3 Å². The fourth-order valence-corrected chi connectivity index (χ4v) is 2.88. The monoisotopic (exact) mass is 249 g/mol. The summed E-state index contributed by atoms with van der Waals surface area (Å²) in [4.78, 5) is 0. The Morgan fingerprint density at radius 3 is 2.94 bits per heavy atom. The van der Waals surface area contributed by atoms with Crippen LogP contribution in [0.1, 0.15) is 69.9 Å². The first-order valence-electron chi connectivity index (χ1n) is 7.59. The molecule has 1 unspecified atom stereocenters. The van der Waals surface area contributed by atoms with Crippen molar-refractivity contribution in [3.05, 3.63) is 18.0 Å². The van der Waals surface area contributed by atoms with Crippen LogP contribution in [0.4, 0.5) is 0 Å². The van der Waals surface area contributed by atoms with Crippen molar-refractivity contribution in [2.75, 3.05) is 13.1 Å². The first-order chi connectivity index (χ1) is 8.85. The van der Waals surface area contributed by atoms with E-state index in [1.807, 2.05) is 0 Å². The van der Waals surface area contributed by atoms with Gasteiger partial charge in [-0.05, 0) is 31.4 Å². The van der Waals surface area contributed by atoms with E-state index in [9.17, 15) is 0 Å². The lowest BCUT2D eigenvalue weighted by atomic mass is 10.0. The largest absolute Gasteiger partial charge is 0.316 e. The van der Waals surface area contributed by atoms with E-state index in [1.54, 1.807) is 0 Å². The van der Waals surface area contributed by atoms with Crippen molar-refractivity contribution in [3.63, 3.8) is 0 Å². The van der Waals surface area contributed by atoms with Gasteiger partial charge in [0.15, 0.2) is 0 Å². The molecule has 3 heteroatoms. The van der Waals surface area contributed by atoms with Crippen LogP contribution in [-0.4, -0.2) is 22.9 Å². The first-order valence-corrected chi connectivity index (χ1v) is 7.59. The lowest BCUT2D eigenvalue weighted by Gasteiger charge is -2.16. The summed E-state index contributed by atoms with van der Waals surface area (Å²) in [5.74, 6) is 0.687. The molecule has 0 bridgehead atoms. The van der Waals surface area contributed by atoms with Crippen LogP contribution < -0.4 is 5.32 Å². The van der Waals surface area contributed by atoms with Crippen molar-refractivity contribution in [2.24, 2.45) is 0 Å². The molecule has 0 aromatic carbocycles. The van der Waals surface area contributed by atoms with Crippen LogP contribution >= 0.6 is 0 Å². The second-order valence-electron chi connectivity index (χ2n) is 5.53. The number of unbranched alkanes of at least 4 members (excludes halogenated alkanes) is 1. The highest BCUT2D eigenvalue weighted by Gasteiger charge is 2.19. The third kappa shape index (κ3) is 3.35. The molecule has 1 aliphatic heterocycles.